The Labute approximate surface area is 108 Å². The molecule has 96 valence electrons. The number of aromatic nitrogens is 4. The summed E-state index contributed by atoms with van der Waals surface area (Å²) in [6.45, 7) is -0.00845. The third kappa shape index (κ3) is 1.57. The molecule has 3 unspecified atom stereocenters. The van der Waals surface area contributed by atoms with E-state index in [9.17, 15) is 0 Å². The molecule has 0 radical (unpaired) electrons. The highest BCUT2D eigenvalue weighted by Crippen LogP contribution is 2.39. The molecule has 2 aromatic heterocycles. The van der Waals surface area contributed by atoms with Crippen LogP contribution in [0.25, 0.3) is 11.2 Å². The van der Waals surface area contributed by atoms with Crippen LogP contribution in [-0.4, -0.2) is 43.1 Å². The number of nitrogen functional groups attached to an aromatic ring is 1. The molecule has 2 aromatic rings. The summed E-state index contributed by atoms with van der Waals surface area (Å²) < 4.78 is 7.41. The number of thiol groups is 1. The quantitative estimate of drug-likeness (QED) is 0.669. The number of hydrogen-bond acceptors (Lipinski definition) is 7. The van der Waals surface area contributed by atoms with E-state index in [0.717, 1.165) is 0 Å². The van der Waals surface area contributed by atoms with Gasteiger partial charge in [0, 0.05) is 5.92 Å². The number of anilines is 1. The van der Waals surface area contributed by atoms with Crippen LogP contribution < -0.4 is 5.73 Å². The van der Waals surface area contributed by atoms with Crippen LogP contribution in [0.5, 0.6) is 0 Å². The second-order valence-corrected chi connectivity index (χ2v) is 4.54. The van der Waals surface area contributed by atoms with Crippen LogP contribution in [0.3, 0.4) is 0 Å². The molecule has 1 aliphatic rings. The summed E-state index contributed by atoms with van der Waals surface area (Å²) in [4.78, 5) is 12.2. The Balaban J connectivity index is 1.99. The van der Waals surface area contributed by atoms with Crippen LogP contribution >= 0.6 is 12.6 Å². The first-order valence-corrected chi connectivity index (χ1v) is 6.19. The maximum absolute atomic E-state index is 9.13. The van der Waals surface area contributed by atoms with Gasteiger partial charge in [-0.15, -0.1) is 0 Å². The number of ether oxygens (including phenoxy) is 1. The van der Waals surface area contributed by atoms with Gasteiger partial charge in [0.05, 0.1) is 19.0 Å². The normalized spacial score (nSPS) is 27.3. The molecule has 18 heavy (non-hydrogen) atoms. The Morgan fingerprint density at radius 3 is 3.00 bits per heavy atom. The molecule has 0 amide bonds. The molecule has 3 heterocycles. The van der Waals surface area contributed by atoms with Crippen LogP contribution in [0.2, 0.25) is 0 Å². The topological polar surface area (TPSA) is 99.1 Å². The summed E-state index contributed by atoms with van der Waals surface area (Å²) in [5, 5.41) is 9.13. The number of nitrogens with zero attached hydrogens (tertiary/aromatic N) is 4. The van der Waals surface area contributed by atoms with E-state index in [1.165, 1.54) is 6.33 Å². The lowest BCUT2D eigenvalue weighted by Gasteiger charge is -2.43. The van der Waals surface area contributed by atoms with Crippen LogP contribution in [0.15, 0.2) is 12.7 Å². The highest BCUT2D eigenvalue weighted by Gasteiger charge is 2.43. The largest absolute Gasteiger partial charge is 0.394 e. The zero-order chi connectivity index (χ0) is 12.7. The van der Waals surface area contributed by atoms with Crippen molar-refractivity contribution in [2.24, 2.45) is 5.92 Å². The van der Waals surface area contributed by atoms with E-state index in [1.807, 2.05) is 0 Å². The van der Waals surface area contributed by atoms with E-state index in [2.05, 4.69) is 27.6 Å². The number of rotatable bonds is 3. The average molecular weight is 267 g/mol. The van der Waals surface area contributed by atoms with Crippen LogP contribution in [0.1, 0.15) is 6.23 Å². The molecule has 7 nitrogen and oxygen atoms in total. The molecule has 0 spiro atoms. The number of aliphatic hydroxyl groups is 1. The SMILES string of the molecule is Nc1ncnc2c1ncn2C1OC(CO)C1CS. The Bertz CT molecular complexity index is 574. The minimum atomic E-state index is -0.209. The summed E-state index contributed by atoms with van der Waals surface area (Å²) in [5.41, 5.74) is 6.92. The molecule has 1 saturated heterocycles. The predicted molar refractivity (Wildman–Crippen MR) is 68.1 cm³/mol. The molecule has 8 heteroatoms. The van der Waals surface area contributed by atoms with Crippen molar-refractivity contribution in [2.75, 3.05) is 18.1 Å². The van der Waals surface area contributed by atoms with Gasteiger partial charge in [-0.2, -0.15) is 12.6 Å². The van der Waals surface area contributed by atoms with Gasteiger partial charge in [-0.05, 0) is 5.75 Å². The summed E-state index contributed by atoms with van der Waals surface area (Å²) >= 11 is 4.28. The van der Waals surface area contributed by atoms with Crippen molar-refractivity contribution in [3.8, 4) is 0 Å². The van der Waals surface area contributed by atoms with Gasteiger partial charge in [-0.25, -0.2) is 15.0 Å². The fourth-order valence-electron chi connectivity index (χ4n) is 2.19. The van der Waals surface area contributed by atoms with Gasteiger partial charge >= 0.3 is 0 Å². The smallest absolute Gasteiger partial charge is 0.167 e. The second kappa shape index (κ2) is 4.38. The standard InChI is InChI=1S/C10H13N5O2S/c11-8-7-9(13-3-12-8)15(4-14-7)10-5(2-18)6(1-16)17-10/h3-6,10,16,18H,1-2H2,(H2,11,12,13). The van der Waals surface area contributed by atoms with Crippen LogP contribution in [0.4, 0.5) is 5.82 Å². The van der Waals surface area contributed by atoms with Crippen molar-refractivity contribution >= 4 is 29.6 Å². The molecule has 0 aromatic carbocycles. The first-order valence-electron chi connectivity index (χ1n) is 5.56. The Morgan fingerprint density at radius 1 is 1.44 bits per heavy atom. The van der Waals surface area contributed by atoms with E-state index in [-0.39, 0.29) is 24.9 Å². The van der Waals surface area contributed by atoms with Crippen molar-refractivity contribution in [3.05, 3.63) is 12.7 Å². The molecule has 1 fully saturated rings. The lowest BCUT2D eigenvalue weighted by Crippen LogP contribution is -2.48. The number of aliphatic hydroxyl groups excluding tert-OH is 1. The number of imidazole rings is 1. The fourth-order valence-corrected chi connectivity index (χ4v) is 2.60. The van der Waals surface area contributed by atoms with Gasteiger partial charge < -0.3 is 15.6 Å². The van der Waals surface area contributed by atoms with Gasteiger partial charge in [0.1, 0.15) is 18.1 Å². The zero-order valence-electron chi connectivity index (χ0n) is 9.47. The first-order chi connectivity index (χ1) is 8.76. The number of fused-ring (bicyclic) bond motifs is 1. The van der Waals surface area contributed by atoms with Gasteiger partial charge in [-0.1, -0.05) is 0 Å². The molecule has 3 rings (SSSR count). The van der Waals surface area contributed by atoms with Crippen molar-refractivity contribution in [1.29, 1.82) is 0 Å². The minimum absolute atomic E-state index is 0.00845. The predicted octanol–water partition coefficient (Wildman–Crippen LogP) is -0.156. The molecular formula is C10H13N5O2S. The molecule has 1 aliphatic heterocycles. The molecular weight excluding hydrogens is 254 g/mol. The third-order valence-corrected chi connectivity index (χ3v) is 3.63. The highest BCUT2D eigenvalue weighted by molar-refractivity contribution is 7.80. The van der Waals surface area contributed by atoms with E-state index in [0.29, 0.717) is 22.7 Å². The van der Waals surface area contributed by atoms with E-state index in [4.69, 9.17) is 15.6 Å². The molecule has 0 bridgehead atoms. The van der Waals surface area contributed by atoms with Crippen molar-refractivity contribution < 1.29 is 9.84 Å². The third-order valence-electron chi connectivity index (χ3n) is 3.21. The summed E-state index contributed by atoms with van der Waals surface area (Å²) in [7, 11) is 0. The van der Waals surface area contributed by atoms with Gasteiger partial charge in [0.15, 0.2) is 11.5 Å². The maximum Gasteiger partial charge on any atom is 0.167 e. The van der Waals surface area contributed by atoms with Crippen molar-refractivity contribution in [1.82, 2.24) is 19.5 Å². The molecule has 0 saturated carbocycles. The maximum atomic E-state index is 9.13. The first kappa shape index (κ1) is 11.7. The number of hydrogen-bond donors (Lipinski definition) is 3. The van der Waals surface area contributed by atoms with E-state index < -0.39 is 0 Å². The minimum Gasteiger partial charge on any atom is -0.394 e. The van der Waals surface area contributed by atoms with Crippen molar-refractivity contribution in [2.45, 2.75) is 12.3 Å². The van der Waals surface area contributed by atoms with Crippen LogP contribution in [0, 0.1) is 5.92 Å². The lowest BCUT2D eigenvalue weighted by atomic mass is 9.96. The van der Waals surface area contributed by atoms with Gasteiger partial charge in [-0.3, -0.25) is 4.57 Å². The van der Waals surface area contributed by atoms with Crippen LogP contribution in [-0.2, 0) is 4.74 Å². The highest BCUT2D eigenvalue weighted by atomic mass is 32.1. The summed E-state index contributed by atoms with van der Waals surface area (Å²) in [6, 6.07) is 0. The Kier molecular flexibility index (Phi) is 2.84. The molecule has 3 atom stereocenters. The zero-order valence-corrected chi connectivity index (χ0v) is 10.4. The average Bonchev–Trinajstić information content (AvgIpc) is 2.75. The monoisotopic (exact) mass is 267 g/mol. The number of nitrogens with two attached hydrogens (primary N) is 1. The van der Waals surface area contributed by atoms with Crippen molar-refractivity contribution in [3.63, 3.8) is 0 Å². The molecule has 0 aliphatic carbocycles. The Morgan fingerprint density at radius 2 is 2.28 bits per heavy atom. The van der Waals surface area contributed by atoms with Gasteiger partial charge in [0.25, 0.3) is 0 Å². The van der Waals surface area contributed by atoms with E-state index in [1.54, 1.807) is 10.9 Å². The fraction of sp³-hybridized carbons (Fsp3) is 0.500. The lowest BCUT2D eigenvalue weighted by molar-refractivity contribution is -0.225. The second-order valence-electron chi connectivity index (χ2n) is 4.18. The summed E-state index contributed by atoms with van der Waals surface area (Å²) in [6.07, 6.45) is 2.64. The molecule has 3 N–H and O–H groups in total. The van der Waals surface area contributed by atoms with E-state index >= 15 is 0 Å². The summed E-state index contributed by atoms with van der Waals surface area (Å²) in [5.74, 6) is 1.10. The van der Waals surface area contributed by atoms with Gasteiger partial charge in [0.2, 0.25) is 0 Å². The Hall–Kier alpha value is -1.38.